The van der Waals surface area contributed by atoms with Crippen molar-refractivity contribution in [2.45, 2.75) is 24.7 Å². The predicted molar refractivity (Wildman–Crippen MR) is 80.2 cm³/mol. The highest BCUT2D eigenvalue weighted by molar-refractivity contribution is 7.85. The molecule has 0 saturated carbocycles. The molecule has 0 aliphatic rings. The third kappa shape index (κ3) is 9.91. The number of nitrogens with zero attached hydrogens (tertiary/aromatic N) is 1. The van der Waals surface area contributed by atoms with Crippen LogP contribution in [0.1, 0.15) is 18.4 Å². The Balaban J connectivity index is 0.000000370. The monoisotopic (exact) mass is 304 g/mol. The predicted octanol–water partition coefficient (Wildman–Crippen LogP) is 1.71. The smallest absolute Gasteiger partial charge is 0.294 e. The van der Waals surface area contributed by atoms with Gasteiger partial charge >= 0.3 is 0 Å². The van der Waals surface area contributed by atoms with E-state index < -0.39 is 10.1 Å². The SMILES string of the molecule is C[N+](C)(C)CCCCO.Cc1ccc(S(=O)(=O)O)cc1. The van der Waals surface area contributed by atoms with Crippen LogP contribution in [0.15, 0.2) is 29.2 Å². The van der Waals surface area contributed by atoms with Gasteiger partial charge in [0.25, 0.3) is 10.1 Å². The second kappa shape index (κ2) is 8.36. The van der Waals surface area contributed by atoms with Crippen LogP contribution in [0.3, 0.4) is 0 Å². The van der Waals surface area contributed by atoms with Gasteiger partial charge in [-0.1, -0.05) is 17.7 Å². The highest BCUT2D eigenvalue weighted by Gasteiger charge is 2.06. The van der Waals surface area contributed by atoms with E-state index in [-0.39, 0.29) is 4.90 Å². The van der Waals surface area contributed by atoms with E-state index in [2.05, 4.69) is 21.1 Å². The molecule has 0 aromatic heterocycles. The van der Waals surface area contributed by atoms with Gasteiger partial charge in [-0.05, 0) is 31.9 Å². The molecule has 0 spiro atoms. The van der Waals surface area contributed by atoms with Crippen molar-refractivity contribution in [1.82, 2.24) is 0 Å². The minimum Gasteiger partial charge on any atom is -0.396 e. The quantitative estimate of drug-likeness (QED) is 0.493. The summed E-state index contributed by atoms with van der Waals surface area (Å²) in [5.41, 5.74) is 0.956. The summed E-state index contributed by atoms with van der Waals surface area (Å²) in [5, 5.41) is 8.46. The van der Waals surface area contributed by atoms with Crippen LogP contribution in [0.25, 0.3) is 0 Å². The van der Waals surface area contributed by atoms with Gasteiger partial charge in [0.2, 0.25) is 0 Å². The number of hydrogen-bond donors (Lipinski definition) is 2. The summed E-state index contributed by atoms with van der Waals surface area (Å²) in [6.45, 7) is 3.33. The number of aliphatic hydroxyl groups excluding tert-OH is 1. The zero-order valence-electron chi connectivity index (χ0n) is 12.7. The lowest BCUT2D eigenvalue weighted by Gasteiger charge is -2.23. The van der Waals surface area contributed by atoms with Crippen LogP contribution >= 0.6 is 0 Å². The minimum absolute atomic E-state index is 0.0666. The number of quaternary nitrogens is 1. The average molecular weight is 304 g/mol. The molecule has 0 heterocycles. The van der Waals surface area contributed by atoms with Crippen molar-refractivity contribution in [2.24, 2.45) is 0 Å². The molecule has 0 aliphatic heterocycles. The number of benzene rings is 1. The van der Waals surface area contributed by atoms with Gasteiger partial charge in [0, 0.05) is 6.61 Å². The van der Waals surface area contributed by atoms with Crippen molar-refractivity contribution >= 4 is 10.1 Å². The fourth-order valence-corrected chi connectivity index (χ4v) is 1.89. The molecule has 0 unspecified atom stereocenters. The van der Waals surface area contributed by atoms with Gasteiger partial charge in [0.15, 0.2) is 0 Å². The van der Waals surface area contributed by atoms with E-state index in [4.69, 9.17) is 9.66 Å². The molecule has 0 amide bonds. The standard InChI is InChI=1S/C7H18NO.C7H8O3S/c1-8(2,3)6-4-5-7-9;1-6-2-4-7(5-3-6)11(8,9)10/h9H,4-7H2,1-3H3;2-5H,1H3,(H,8,9,10)/q+1;. The first-order valence-electron chi connectivity index (χ1n) is 6.52. The fourth-order valence-electron chi connectivity index (χ4n) is 1.41. The number of hydrogen-bond acceptors (Lipinski definition) is 3. The molecule has 6 heteroatoms. The summed E-state index contributed by atoms with van der Waals surface area (Å²) in [7, 11) is 2.47. The normalized spacial score (nSPS) is 11.7. The molecule has 0 aliphatic carbocycles. The number of unbranched alkanes of at least 4 members (excludes halogenated alkanes) is 1. The molecule has 1 rings (SSSR count). The Labute approximate surface area is 122 Å². The Morgan fingerprint density at radius 1 is 1.05 bits per heavy atom. The largest absolute Gasteiger partial charge is 0.396 e. The Morgan fingerprint density at radius 2 is 1.55 bits per heavy atom. The van der Waals surface area contributed by atoms with E-state index in [1.807, 2.05) is 6.92 Å². The number of rotatable bonds is 5. The number of aryl methyl sites for hydroxylation is 1. The Hall–Kier alpha value is -0.950. The third-order valence-electron chi connectivity index (χ3n) is 2.56. The first-order valence-corrected chi connectivity index (χ1v) is 7.96. The van der Waals surface area contributed by atoms with Crippen LogP contribution in [0.5, 0.6) is 0 Å². The molecular weight excluding hydrogens is 278 g/mol. The van der Waals surface area contributed by atoms with Crippen LogP contribution in [-0.2, 0) is 10.1 Å². The number of aliphatic hydroxyl groups is 1. The summed E-state index contributed by atoms with van der Waals surface area (Å²) in [5.74, 6) is 0. The summed E-state index contributed by atoms with van der Waals surface area (Å²) >= 11 is 0. The zero-order chi connectivity index (χ0) is 15.8. The molecule has 0 atom stereocenters. The summed E-state index contributed by atoms with van der Waals surface area (Å²) in [6, 6.07) is 5.99. The van der Waals surface area contributed by atoms with Gasteiger partial charge in [0.05, 0.1) is 32.6 Å². The van der Waals surface area contributed by atoms with E-state index in [0.717, 1.165) is 29.4 Å². The van der Waals surface area contributed by atoms with E-state index in [1.54, 1.807) is 12.1 Å². The first-order chi connectivity index (χ1) is 9.06. The summed E-state index contributed by atoms with van der Waals surface area (Å²) in [4.78, 5) is -0.0666. The molecule has 0 saturated heterocycles. The van der Waals surface area contributed by atoms with Crippen molar-refractivity contribution in [3.63, 3.8) is 0 Å². The third-order valence-corrected chi connectivity index (χ3v) is 3.42. The molecule has 0 radical (unpaired) electrons. The molecule has 1 aromatic rings. The zero-order valence-corrected chi connectivity index (χ0v) is 13.5. The second-order valence-electron chi connectivity index (χ2n) is 5.73. The fraction of sp³-hybridized carbons (Fsp3) is 0.571. The molecule has 0 fully saturated rings. The lowest BCUT2D eigenvalue weighted by Crippen LogP contribution is -2.35. The van der Waals surface area contributed by atoms with Crippen LogP contribution in [0.2, 0.25) is 0 Å². The maximum atomic E-state index is 10.5. The van der Waals surface area contributed by atoms with Gasteiger partial charge in [-0.25, -0.2) is 0 Å². The van der Waals surface area contributed by atoms with Gasteiger partial charge in [-0.2, -0.15) is 8.42 Å². The summed E-state index contributed by atoms with van der Waals surface area (Å²) < 4.78 is 30.6. The van der Waals surface area contributed by atoms with Crippen molar-refractivity contribution in [3.05, 3.63) is 29.8 Å². The average Bonchev–Trinajstić information content (AvgIpc) is 2.28. The summed E-state index contributed by atoms with van der Waals surface area (Å²) in [6.07, 6.45) is 2.06. The lowest BCUT2D eigenvalue weighted by atomic mass is 10.2. The highest BCUT2D eigenvalue weighted by Crippen LogP contribution is 2.08. The van der Waals surface area contributed by atoms with Crippen LogP contribution in [-0.4, -0.2) is 56.9 Å². The van der Waals surface area contributed by atoms with Crippen molar-refractivity contribution < 1.29 is 22.6 Å². The van der Waals surface area contributed by atoms with Crippen molar-refractivity contribution in [3.8, 4) is 0 Å². The van der Waals surface area contributed by atoms with E-state index in [9.17, 15) is 8.42 Å². The second-order valence-corrected chi connectivity index (χ2v) is 7.15. The highest BCUT2D eigenvalue weighted by atomic mass is 32.2. The molecular formula is C14H26NO4S+. The first kappa shape index (κ1) is 19.1. The Bertz CT molecular complexity index is 475. The van der Waals surface area contributed by atoms with Crippen LogP contribution in [0.4, 0.5) is 0 Å². The Morgan fingerprint density at radius 3 is 1.90 bits per heavy atom. The van der Waals surface area contributed by atoms with E-state index >= 15 is 0 Å². The van der Waals surface area contributed by atoms with Gasteiger partial charge in [-0.3, -0.25) is 4.55 Å². The molecule has 116 valence electrons. The molecule has 2 N–H and O–H groups in total. The van der Waals surface area contributed by atoms with Crippen LogP contribution in [0, 0.1) is 6.92 Å². The van der Waals surface area contributed by atoms with E-state index in [1.165, 1.54) is 12.1 Å². The maximum absolute atomic E-state index is 10.5. The van der Waals surface area contributed by atoms with E-state index in [0.29, 0.717) is 6.61 Å². The minimum atomic E-state index is -4.02. The van der Waals surface area contributed by atoms with Crippen molar-refractivity contribution in [1.29, 1.82) is 0 Å². The van der Waals surface area contributed by atoms with Gasteiger partial charge < -0.3 is 9.59 Å². The van der Waals surface area contributed by atoms with Crippen LogP contribution < -0.4 is 0 Å². The molecule has 20 heavy (non-hydrogen) atoms. The van der Waals surface area contributed by atoms with Crippen molar-refractivity contribution in [2.75, 3.05) is 34.3 Å². The topological polar surface area (TPSA) is 74.6 Å². The van der Waals surface area contributed by atoms with Gasteiger partial charge in [0.1, 0.15) is 0 Å². The Kier molecular flexibility index (Phi) is 7.96. The molecule has 0 bridgehead atoms. The maximum Gasteiger partial charge on any atom is 0.294 e. The van der Waals surface area contributed by atoms with Gasteiger partial charge in [-0.15, -0.1) is 0 Å². The molecule has 5 nitrogen and oxygen atoms in total. The molecule has 1 aromatic carbocycles. The lowest BCUT2D eigenvalue weighted by molar-refractivity contribution is -0.870.